The Morgan fingerprint density at radius 1 is 1.05 bits per heavy atom. The van der Waals surface area contributed by atoms with Gasteiger partial charge in [-0.3, -0.25) is 4.79 Å². The fourth-order valence-electron chi connectivity index (χ4n) is 1.50. The average molecular weight is 338 g/mol. The molecule has 20 heavy (non-hydrogen) atoms. The molecule has 0 aliphatic carbocycles. The van der Waals surface area contributed by atoms with E-state index < -0.39 is 17.5 Å². The number of halogens is 3. The molecule has 0 fully saturated rings. The quantitative estimate of drug-likeness (QED) is 0.827. The van der Waals surface area contributed by atoms with Crippen LogP contribution in [0.15, 0.2) is 53.0 Å². The minimum Gasteiger partial charge on any atom is -0.322 e. The first-order valence-electron chi connectivity index (χ1n) is 5.74. The molecular formula is C15H10BrF2NO. The molecule has 0 spiro atoms. The molecule has 0 aromatic heterocycles. The molecule has 2 nitrogen and oxygen atoms in total. The molecule has 0 atom stereocenters. The summed E-state index contributed by atoms with van der Waals surface area (Å²) in [5, 5.41) is 2.45. The van der Waals surface area contributed by atoms with Crippen LogP contribution >= 0.6 is 15.9 Å². The van der Waals surface area contributed by atoms with Gasteiger partial charge < -0.3 is 5.32 Å². The second-order valence-corrected chi connectivity index (χ2v) is 4.92. The second kappa shape index (κ2) is 6.43. The summed E-state index contributed by atoms with van der Waals surface area (Å²) >= 11 is 3.31. The van der Waals surface area contributed by atoms with Crippen LogP contribution in [0, 0.1) is 11.6 Å². The molecular weight excluding hydrogens is 328 g/mol. The van der Waals surface area contributed by atoms with Crippen molar-refractivity contribution in [1.82, 2.24) is 0 Å². The molecule has 0 radical (unpaired) electrons. The van der Waals surface area contributed by atoms with Crippen LogP contribution < -0.4 is 5.32 Å². The molecule has 2 aromatic carbocycles. The van der Waals surface area contributed by atoms with Crippen LogP contribution in [0.2, 0.25) is 0 Å². The fourth-order valence-corrected chi connectivity index (χ4v) is 1.77. The van der Waals surface area contributed by atoms with E-state index in [1.54, 1.807) is 6.08 Å². The third-order valence-electron chi connectivity index (χ3n) is 2.48. The third kappa shape index (κ3) is 3.99. The van der Waals surface area contributed by atoms with Crippen molar-refractivity contribution in [2.45, 2.75) is 0 Å². The topological polar surface area (TPSA) is 29.1 Å². The van der Waals surface area contributed by atoms with Gasteiger partial charge in [0.25, 0.3) is 0 Å². The average Bonchev–Trinajstić information content (AvgIpc) is 2.42. The summed E-state index contributed by atoms with van der Waals surface area (Å²) in [7, 11) is 0. The standard InChI is InChI=1S/C15H10BrF2NO/c16-11-4-1-10(2-5-11)3-8-15(20)19-12-6-7-13(17)14(18)9-12/h1-9H,(H,19,20). The van der Waals surface area contributed by atoms with Crippen LogP contribution in [0.4, 0.5) is 14.5 Å². The second-order valence-electron chi connectivity index (χ2n) is 4.00. The van der Waals surface area contributed by atoms with Gasteiger partial charge in [-0.25, -0.2) is 8.78 Å². The van der Waals surface area contributed by atoms with Gasteiger partial charge in [0.2, 0.25) is 5.91 Å². The zero-order valence-electron chi connectivity index (χ0n) is 10.2. The SMILES string of the molecule is O=C(C=Cc1ccc(Br)cc1)Nc1ccc(F)c(F)c1. The van der Waals surface area contributed by atoms with Crippen LogP contribution in [-0.4, -0.2) is 5.91 Å². The van der Waals surface area contributed by atoms with Crippen molar-refractivity contribution in [2.75, 3.05) is 5.32 Å². The van der Waals surface area contributed by atoms with Gasteiger partial charge in [-0.1, -0.05) is 28.1 Å². The highest BCUT2D eigenvalue weighted by Crippen LogP contribution is 2.14. The lowest BCUT2D eigenvalue weighted by Crippen LogP contribution is -2.08. The molecule has 0 aliphatic rings. The Morgan fingerprint density at radius 3 is 2.40 bits per heavy atom. The number of benzene rings is 2. The van der Waals surface area contributed by atoms with Crippen LogP contribution in [0.5, 0.6) is 0 Å². The lowest BCUT2D eigenvalue weighted by atomic mass is 10.2. The molecule has 0 saturated carbocycles. The van der Waals surface area contributed by atoms with Crippen molar-refractivity contribution < 1.29 is 13.6 Å². The minimum absolute atomic E-state index is 0.203. The molecule has 102 valence electrons. The number of amides is 1. The molecule has 1 amide bonds. The van der Waals surface area contributed by atoms with Gasteiger partial charge in [-0.15, -0.1) is 0 Å². The number of carbonyl (C=O) groups is 1. The molecule has 0 heterocycles. The highest BCUT2D eigenvalue weighted by molar-refractivity contribution is 9.10. The smallest absolute Gasteiger partial charge is 0.248 e. The van der Waals surface area contributed by atoms with Gasteiger partial charge in [0, 0.05) is 22.3 Å². The molecule has 0 saturated heterocycles. The fraction of sp³-hybridized carbons (Fsp3) is 0. The number of anilines is 1. The Hall–Kier alpha value is -2.01. The zero-order valence-corrected chi connectivity index (χ0v) is 11.8. The van der Waals surface area contributed by atoms with Crippen LogP contribution in [0.3, 0.4) is 0 Å². The number of carbonyl (C=O) groups excluding carboxylic acids is 1. The summed E-state index contributed by atoms with van der Waals surface area (Å²) in [4.78, 5) is 11.6. The van der Waals surface area contributed by atoms with E-state index >= 15 is 0 Å². The number of hydrogen-bond acceptors (Lipinski definition) is 1. The van der Waals surface area contributed by atoms with E-state index in [0.29, 0.717) is 0 Å². The first-order valence-corrected chi connectivity index (χ1v) is 6.53. The van der Waals surface area contributed by atoms with Crippen LogP contribution in [-0.2, 0) is 4.79 Å². The van der Waals surface area contributed by atoms with Crippen molar-refractivity contribution in [2.24, 2.45) is 0 Å². The maximum atomic E-state index is 13.0. The Morgan fingerprint density at radius 2 is 1.75 bits per heavy atom. The molecule has 1 N–H and O–H groups in total. The lowest BCUT2D eigenvalue weighted by molar-refractivity contribution is -0.111. The first-order chi connectivity index (χ1) is 9.54. The summed E-state index contributed by atoms with van der Waals surface area (Å²) in [5.74, 6) is -2.37. The molecule has 0 aliphatic heterocycles. The normalized spacial score (nSPS) is 10.8. The first kappa shape index (κ1) is 14.4. The van der Waals surface area contributed by atoms with E-state index in [9.17, 15) is 13.6 Å². The lowest BCUT2D eigenvalue weighted by Gasteiger charge is -2.02. The number of rotatable bonds is 3. The zero-order chi connectivity index (χ0) is 14.5. The monoisotopic (exact) mass is 337 g/mol. The van der Waals surface area contributed by atoms with Crippen molar-refractivity contribution in [3.63, 3.8) is 0 Å². The molecule has 2 rings (SSSR count). The molecule has 2 aromatic rings. The van der Waals surface area contributed by atoms with E-state index in [2.05, 4.69) is 21.2 Å². The maximum Gasteiger partial charge on any atom is 0.248 e. The Bertz CT molecular complexity index is 653. The predicted octanol–water partition coefficient (Wildman–Crippen LogP) is 4.38. The van der Waals surface area contributed by atoms with Gasteiger partial charge >= 0.3 is 0 Å². The maximum absolute atomic E-state index is 13.0. The van der Waals surface area contributed by atoms with Gasteiger partial charge in [0.05, 0.1) is 0 Å². The van der Waals surface area contributed by atoms with Gasteiger partial charge in [0.1, 0.15) is 0 Å². The number of hydrogen-bond donors (Lipinski definition) is 1. The van der Waals surface area contributed by atoms with E-state index in [1.165, 1.54) is 12.1 Å². The molecule has 0 bridgehead atoms. The van der Waals surface area contributed by atoms with E-state index in [4.69, 9.17) is 0 Å². The summed E-state index contributed by atoms with van der Waals surface area (Å²) < 4.78 is 26.6. The van der Waals surface area contributed by atoms with Crippen molar-refractivity contribution in [3.05, 3.63) is 70.2 Å². The summed E-state index contributed by atoms with van der Waals surface area (Å²) in [5.41, 5.74) is 1.06. The third-order valence-corrected chi connectivity index (χ3v) is 3.01. The van der Waals surface area contributed by atoms with Crippen molar-refractivity contribution in [1.29, 1.82) is 0 Å². The van der Waals surface area contributed by atoms with Crippen molar-refractivity contribution >= 4 is 33.6 Å². The molecule has 5 heteroatoms. The molecule has 0 unspecified atom stereocenters. The van der Waals surface area contributed by atoms with Crippen molar-refractivity contribution in [3.8, 4) is 0 Å². The Labute approximate surface area is 123 Å². The Kier molecular flexibility index (Phi) is 4.63. The highest BCUT2D eigenvalue weighted by atomic mass is 79.9. The summed E-state index contributed by atoms with van der Waals surface area (Å²) in [6.45, 7) is 0. The number of nitrogens with one attached hydrogen (secondary N) is 1. The predicted molar refractivity (Wildman–Crippen MR) is 78.2 cm³/mol. The summed E-state index contributed by atoms with van der Waals surface area (Å²) in [6, 6.07) is 10.6. The summed E-state index contributed by atoms with van der Waals surface area (Å²) in [6.07, 6.45) is 2.95. The van der Waals surface area contributed by atoms with E-state index in [0.717, 1.165) is 22.2 Å². The van der Waals surface area contributed by atoms with Gasteiger partial charge in [-0.2, -0.15) is 0 Å². The minimum atomic E-state index is -1.00. The van der Waals surface area contributed by atoms with Crippen LogP contribution in [0.1, 0.15) is 5.56 Å². The van der Waals surface area contributed by atoms with Gasteiger partial charge in [0.15, 0.2) is 11.6 Å². The largest absolute Gasteiger partial charge is 0.322 e. The van der Waals surface area contributed by atoms with E-state index in [1.807, 2.05) is 24.3 Å². The Balaban J connectivity index is 2.01. The highest BCUT2D eigenvalue weighted by Gasteiger charge is 2.04. The van der Waals surface area contributed by atoms with Gasteiger partial charge in [-0.05, 0) is 35.9 Å². The van der Waals surface area contributed by atoms with Crippen LogP contribution in [0.25, 0.3) is 6.08 Å². The van der Waals surface area contributed by atoms with E-state index in [-0.39, 0.29) is 5.69 Å².